The van der Waals surface area contributed by atoms with Crippen LogP contribution in [0.1, 0.15) is 16.7 Å². The van der Waals surface area contributed by atoms with Crippen LogP contribution in [0.2, 0.25) is 0 Å². The van der Waals surface area contributed by atoms with Gasteiger partial charge in [0.1, 0.15) is 24.7 Å². The zero-order valence-corrected chi connectivity index (χ0v) is 15.6. The van der Waals surface area contributed by atoms with E-state index in [1.54, 1.807) is 6.20 Å². The Kier molecular flexibility index (Phi) is 5.68. The number of aromatic nitrogens is 2. The van der Waals surface area contributed by atoms with Gasteiger partial charge in [0.25, 0.3) is 0 Å². The Morgan fingerprint density at radius 2 is 1.25 bits per heavy atom. The zero-order chi connectivity index (χ0) is 19.0. The fraction of sp³-hybridized carbons (Fsp3) is 0.125. The number of hydrogen-bond acceptors (Lipinski definition) is 3. The summed E-state index contributed by atoms with van der Waals surface area (Å²) in [5, 5.41) is 0. The Labute approximate surface area is 165 Å². The van der Waals surface area contributed by atoms with E-state index in [0.29, 0.717) is 19.8 Å². The molecule has 0 aliphatic rings. The Morgan fingerprint density at radius 1 is 0.679 bits per heavy atom. The molecule has 4 heteroatoms. The zero-order valence-electron chi connectivity index (χ0n) is 15.6. The molecule has 4 rings (SSSR count). The number of nitrogens with zero attached hydrogens (tertiary/aromatic N) is 2. The first-order valence-corrected chi connectivity index (χ1v) is 9.28. The van der Waals surface area contributed by atoms with Crippen LogP contribution >= 0.6 is 0 Å². The van der Waals surface area contributed by atoms with E-state index in [4.69, 9.17) is 9.47 Å². The minimum Gasteiger partial charge on any atom is -0.489 e. The van der Waals surface area contributed by atoms with E-state index in [0.717, 1.165) is 28.2 Å². The number of hydrogen-bond donors (Lipinski definition) is 0. The molecule has 28 heavy (non-hydrogen) atoms. The summed E-state index contributed by atoms with van der Waals surface area (Å²) in [6.45, 7) is 1.76. The summed E-state index contributed by atoms with van der Waals surface area (Å²) in [5.74, 6) is 1.59. The van der Waals surface area contributed by atoms with E-state index in [1.165, 1.54) is 0 Å². The van der Waals surface area contributed by atoms with Gasteiger partial charge >= 0.3 is 0 Å². The summed E-state index contributed by atoms with van der Waals surface area (Å²) < 4.78 is 14.1. The van der Waals surface area contributed by atoms with Crippen molar-refractivity contribution in [1.29, 1.82) is 0 Å². The molecule has 4 nitrogen and oxygen atoms in total. The minimum atomic E-state index is 0.521. The van der Waals surface area contributed by atoms with Gasteiger partial charge in [-0.15, -0.1) is 0 Å². The van der Waals surface area contributed by atoms with Crippen LogP contribution in [-0.2, 0) is 19.8 Å². The van der Waals surface area contributed by atoms with Gasteiger partial charge in [-0.05, 0) is 28.8 Å². The number of imidazole rings is 1. The minimum absolute atomic E-state index is 0.521. The van der Waals surface area contributed by atoms with Crippen molar-refractivity contribution in [3.05, 3.63) is 114 Å². The Morgan fingerprint density at radius 3 is 1.75 bits per heavy atom. The van der Waals surface area contributed by atoms with Gasteiger partial charge in [0, 0.05) is 25.0 Å². The largest absolute Gasteiger partial charge is 0.489 e. The smallest absolute Gasteiger partial charge is 0.123 e. The topological polar surface area (TPSA) is 36.3 Å². The predicted octanol–water partition coefficient (Wildman–Crippen LogP) is 5.09. The molecule has 4 aromatic rings. The van der Waals surface area contributed by atoms with E-state index in [-0.39, 0.29) is 0 Å². The maximum Gasteiger partial charge on any atom is 0.123 e. The molecular weight excluding hydrogens is 348 g/mol. The van der Waals surface area contributed by atoms with Crippen LogP contribution in [-0.4, -0.2) is 9.55 Å². The second-order valence-corrected chi connectivity index (χ2v) is 6.60. The lowest BCUT2D eigenvalue weighted by Gasteiger charge is -2.13. The van der Waals surface area contributed by atoms with Crippen molar-refractivity contribution in [1.82, 2.24) is 9.55 Å². The summed E-state index contributed by atoms with van der Waals surface area (Å²) in [7, 11) is 0. The van der Waals surface area contributed by atoms with Crippen molar-refractivity contribution in [2.75, 3.05) is 0 Å². The third-order valence-corrected chi connectivity index (χ3v) is 4.36. The molecule has 0 aliphatic carbocycles. The number of ether oxygens (including phenoxy) is 2. The SMILES string of the molecule is c1ccc(COc2cc(Cn3ccnc3)cc(OCc3ccccc3)c2)cc1. The standard InChI is InChI=1S/C24H22N2O2/c1-3-7-20(8-4-1)17-27-23-13-22(16-26-12-11-25-19-26)14-24(15-23)28-18-21-9-5-2-6-10-21/h1-15,19H,16-18H2. The second kappa shape index (κ2) is 8.91. The highest BCUT2D eigenvalue weighted by atomic mass is 16.5. The monoisotopic (exact) mass is 370 g/mol. The molecule has 0 bridgehead atoms. The van der Waals surface area contributed by atoms with Crippen LogP contribution in [0.4, 0.5) is 0 Å². The third kappa shape index (κ3) is 5.01. The van der Waals surface area contributed by atoms with Crippen LogP contribution < -0.4 is 9.47 Å². The fourth-order valence-electron chi connectivity index (χ4n) is 2.96. The van der Waals surface area contributed by atoms with Gasteiger partial charge in [0.05, 0.1) is 6.33 Å². The van der Waals surface area contributed by atoms with Crippen molar-refractivity contribution in [2.24, 2.45) is 0 Å². The Balaban J connectivity index is 1.51. The van der Waals surface area contributed by atoms with Crippen molar-refractivity contribution < 1.29 is 9.47 Å². The van der Waals surface area contributed by atoms with E-state index in [2.05, 4.69) is 41.4 Å². The van der Waals surface area contributed by atoms with Crippen LogP contribution in [0.15, 0.2) is 97.6 Å². The fourth-order valence-corrected chi connectivity index (χ4v) is 2.96. The maximum atomic E-state index is 6.04. The van der Waals surface area contributed by atoms with Gasteiger partial charge in [-0.1, -0.05) is 60.7 Å². The third-order valence-electron chi connectivity index (χ3n) is 4.36. The summed E-state index contributed by atoms with van der Waals surface area (Å²) in [5.41, 5.74) is 3.37. The number of benzene rings is 3. The lowest BCUT2D eigenvalue weighted by molar-refractivity contribution is 0.289. The normalized spacial score (nSPS) is 10.6. The molecule has 0 saturated carbocycles. The second-order valence-electron chi connectivity index (χ2n) is 6.60. The molecule has 0 spiro atoms. The number of rotatable bonds is 8. The summed E-state index contributed by atoms with van der Waals surface area (Å²) in [6.07, 6.45) is 5.53. The Bertz CT molecular complexity index is 922. The van der Waals surface area contributed by atoms with Gasteiger partial charge in [0.15, 0.2) is 0 Å². The molecule has 0 amide bonds. The molecule has 1 aromatic heterocycles. The highest BCUT2D eigenvalue weighted by Gasteiger charge is 2.06. The van der Waals surface area contributed by atoms with Crippen molar-refractivity contribution >= 4 is 0 Å². The van der Waals surface area contributed by atoms with Gasteiger partial charge < -0.3 is 14.0 Å². The summed E-state index contributed by atoms with van der Waals surface area (Å²) >= 11 is 0. The molecule has 0 unspecified atom stereocenters. The maximum absolute atomic E-state index is 6.04. The molecule has 1 heterocycles. The van der Waals surface area contributed by atoms with Gasteiger partial charge in [-0.2, -0.15) is 0 Å². The molecule has 0 N–H and O–H groups in total. The lowest BCUT2D eigenvalue weighted by atomic mass is 10.2. The van der Waals surface area contributed by atoms with Crippen molar-refractivity contribution in [3.63, 3.8) is 0 Å². The van der Waals surface area contributed by atoms with Crippen molar-refractivity contribution in [3.8, 4) is 11.5 Å². The van der Waals surface area contributed by atoms with Crippen LogP contribution in [0.3, 0.4) is 0 Å². The molecule has 0 fully saturated rings. The average molecular weight is 370 g/mol. The average Bonchev–Trinajstić information content (AvgIpc) is 3.25. The van der Waals surface area contributed by atoms with Crippen LogP contribution in [0.25, 0.3) is 0 Å². The molecule has 140 valence electrons. The lowest BCUT2D eigenvalue weighted by Crippen LogP contribution is -2.01. The predicted molar refractivity (Wildman–Crippen MR) is 109 cm³/mol. The van der Waals surface area contributed by atoms with E-state index >= 15 is 0 Å². The van der Waals surface area contributed by atoms with Crippen molar-refractivity contribution in [2.45, 2.75) is 19.8 Å². The molecule has 3 aromatic carbocycles. The molecular formula is C24H22N2O2. The van der Waals surface area contributed by atoms with Gasteiger partial charge in [-0.3, -0.25) is 0 Å². The quantitative estimate of drug-likeness (QED) is 0.433. The van der Waals surface area contributed by atoms with E-state index in [9.17, 15) is 0 Å². The van der Waals surface area contributed by atoms with Crippen LogP contribution in [0, 0.1) is 0 Å². The Hall–Kier alpha value is -3.53. The summed E-state index contributed by atoms with van der Waals surface area (Å²) in [4.78, 5) is 4.12. The summed E-state index contributed by atoms with van der Waals surface area (Å²) in [6, 6.07) is 26.4. The molecule has 0 atom stereocenters. The first kappa shape index (κ1) is 17.9. The van der Waals surface area contributed by atoms with Gasteiger partial charge in [-0.25, -0.2) is 4.98 Å². The van der Waals surface area contributed by atoms with Gasteiger partial charge in [0.2, 0.25) is 0 Å². The molecule has 0 saturated heterocycles. The highest BCUT2D eigenvalue weighted by molar-refractivity contribution is 5.39. The van der Waals surface area contributed by atoms with E-state index in [1.807, 2.05) is 59.6 Å². The van der Waals surface area contributed by atoms with Crippen LogP contribution in [0.5, 0.6) is 11.5 Å². The molecule has 0 aliphatic heterocycles. The molecule has 0 radical (unpaired) electrons. The first-order chi connectivity index (χ1) is 13.8. The van der Waals surface area contributed by atoms with E-state index < -0.39 is 0 Å². The highest BCUT2D eigenvalue weighted by Crippen LogP contribution is 2.25. The first-order valence-electron chi connectivity index (χ1n) is 9.28.